The number of carboxylic acid groups (broad SMARTS) is 1. The molecule has 0 saturated heterocycles. The van der Waals surface area contributed by atoms with Crippen LogP contribution in [0.5, 0.6) is 17.2 Å². The van der Waals surface area contributed by atoms with Gasteiger partial charge in [0.1, 0.15) is 28.6 Å². The summed E-state index contributed by atoms with van der Waals surface area (Å²) in [7, 11) is 1.48. The Bertz CT molecular complexity index is 1610. The molecule has 8 nitrogen and oxygen atoms in total. The van der Waals surface area contributed by atoms with E-state index >= 15 is 0 Å². The molecule has 1 atom stereocenters. The summed E-state index contributed by atoms with van der Waals surface area (Å²) in [6, 6.07) is 23.6. The van der Waals surface area contributed by atoms with Crippen LogP contribution in [0, 0.1) is 5.82 Å². The molecule has 0 aliphatic carbocycles. The quantitative estimate of drug-likeness (QED) is 0.270. The minimum absolute atomic E-state index is 0.0712. The number of aromatic carboxylic acids is 1. The van der Waals surface area contributed by atoms with Gasteiger partial charge in [-0.2, -0.15) is 5.10 Å². The second-order valence-electron chi connectivity index (χ2n) is 8.72. The molecule has 1 aliphatic heterocycles. The third kappa shape index (κ3) is 5.48. The number of thioether (sulfide) groups is 1. The lowest BCUT2D eigenvalue weighted by Crippen LogP contribution is -2.26. The Morgan fingerprint density at radius 2 is 1.75 bits per heavy atom. The number of ether oxygens (including phenoxy) is 2. The minimum atomic E-state index is -1.04. The largest absolute Gasteiger partial charge is 0.507 e. The molecule has 0 spiro atoms. The van der Waals surface area contributed by atoms with Crippen molar-refractivity contribution in [3.05, 3.63) is 125 Å². The van der Waals surface area contributed by atoms with Gasteiger partial charge in [-0.05, 0) is 60.2 Å². The van der Waals surface area contributed by atoms with Crippen molar-refractivity contribution in [1.82, 2.24) is 5.01 Å². The van der Waals surface area contributed by atoms with Crippen LogP contribution in [0.2, 0.25) is 0 Å². The second kappa shape index (κ2) is 11.5. The lowest BCUT2D eigenvalue weighted by Gasteiger charge is -2.24. The highest BCUT2D eigenvalue weighted by atomic mass is 32.2. The Balaban J connectivity index is 1.50. The van der Waals surface area contributed by atoms with Crippen LogP contribution in [0.15, 0.2) is 96.1 Å². The number of phenols is 1. The van der Waals surface area contributed by atoms with Crippen molar-refractivity contribution in [2.75, 3.05) is 7.11 Å². The molecule has 10 heteroatoms. The molecule has 2 N–H and O–H groups in total. The summed E-state index contributed by atoms with van der Waals surface area (Å²) in [5.41, 5.74) is 2.07. The summed E-state index contributed by atoms with van der Waals surface area (Å²) in [5, 5.41) is 25.2. The van der Waals surface area contributed by atoms with Crippen molar-refractivity contribution in [2.45, 2.75) is 12.0 Å². The lowest BCUT2D eigenvalue weighted by atomic mass is 10.1. The normalized spacial score (nSPS) is 14.5. The van der Waals surface area contributed by atoms with E-state index in [9.17, 15) is 24.2 Å². The molecule has 40 heavy (non-hydrogen) atoms. The Morgan fingerprint density at radius 3 is 2.48 bits per heavy atom. The number of carboxylic acids is 1. The molecule has 0 bridgehead atoms. The molecular weight excluding hydrogens is 535 g/mol. The zero-order valence-electron chi connectivity index (χ0n) is 21.2. The van der Waals surface area contributed by atoms with Crippen molar-refractivity contribution < 1.29 is 33.7 Å². The molecular formula is C30H23FN2O6S. The van der Waals surface area contributed by atoms with Crippen molar-refractivity contribution in [2.24, 2.45) is 5.10 Å². The van der Waals surface area contributed by atoms with Gasteiger partial charge in [-0.25, -0.2) is 14.2 Å². The summed E-state index contributed by atoms with van der Waals surface area (Å²) in [6.07, 6.45) is 0. The van der Waals surface area contributed by atoms with Gasteiger partial charge in [0.2, 0.25) is 0 Å². The first-order valence-electron chi connectivity index (χ1n) is 12.1. The number of halogens is 1. The Labute approximate surface area is 233 Å². The van der Waals surface area contributed by atoms with Gasteiger partial charge < -0.3 is 19.7 Å². The molecule has 1 amide bonds. The maximum atomic E-state index is 13.6. The molecule has 0 fully saturated rings. The zero-order valence-corrected chi connectivity index (χ0v) is 22.0. The van der Waals surface area contributed by atoms with E-state index in [2.05, 4.69) is 5.10 Å². The number of benzene rings is 4. The maximum Gasteiger partial charge on any atom is 0.335 e. The summed E-state index contributed by atoms with van der Waals surface area (Å²) in [6.45, 7) is 0.0800. The molecule has 4 aromatic carbocycles. The minimum Gasteiger partial charge on any atom is -0.507 e. The third-order valence-electron chi connectivity index (χ3n) is 6.13. The standard InChI is InChI=1S/C30H23FN2O6S/c1-38-26-23(9-5-11-25(26)39-17-18-6-4-7-20(16-18)30(36)37)29-33(28(35)22-8-2-3-10-24(22)34)32-27(40-29)19-12-14-21(31)15-13-19/h2-16,29,34H,17H2,1H3,(H,36,37). The average Bonchev–Trinajstić information content (AvgIpc) is 3.41. The van der Waals surface area contributed by atoms with E-state index in [1.165, 1.54) is 60.3 Å². The molecule has 1 heterocycles. The topological polar surface area (TPSA) is 109 Å². The Morgan fingerprint density at radius 1 is 1.00 bits per heavy atom. The number of methoxy groups -OCH3 is 1. The fraction of sp³-hybridized carbons (Fsp3) is 0.100. The van der Waals surface area contributed by atoms with Gasteiger partial charge in [-0.3, -0.25) is 4.79 Å². The van der Waals surface area contributed by atoms with Gasteiger partial charge >= 0.3 is 5.97 Å². The highest BCUT2D eigenvalue weighted by Crippen LogP contribution is 2.48. The first kappa shape index (κ1) is 26.8. The van der Waals surface area contributed by atoms with E-state index in [1.54, 1.807) is 54.6 Å². The van der Waals surface area contributed by atoms with Gasteiger partial charge in [0.05, 0.1) is 18.2 Å². The number of carbonyl (C=O) groups excluding carboxylic acids is 1. The number of amides is 1. The summed E-state index contributed by atoms with van der Waals surface area (Å²) < 4.78 is 25.3. The maximum absolute atomic E-state index is 13.6. The number of nitrogens with zero attached hydrogens (tertiary/aromatic N) is 2. The molecule has 1 unspecified atom stereocenters. The molecule has 4 aromatic rings. The van der Waals surface area contributed by atoms with Crippen LogP contribution in [-0.4, -0.2) is 39.3 Å². The summed E-state index contributed by atoms with van der Waals surface area (Å²) >= 11 is 1.27. The van der Waals surface area contributed by atoms with Crippen molar-refractivity contribution in [1.29, 1.82) is 0 Å². The number of aromatic hydroxyl groups is 1. The lowest BCUT2D eigenvalue weighted by molar-refractivity contribution is 0.0695. The zero-order chi connectivity index (χ0) is 28.2. The van der Waals surface area contributed by atoms with Gasteiger partial charge in [0.25, 0.3) is 5.91 Å². The monoisotopic (exact) mass is 558 g/mol. The smallest absolute Gasteiger partial charge is 0.335 e. The number of hydrogen-bond acceptors (Lipinski definition) is 7. The highest BCUT2D eigenvalue weighted by Gasteiger charge is 2.37. The fourth-order valence-electron chi connectivity index (χ4n) is 4.19. The molecule has 0 aromatic heterocycles. The van der Waals surface area contributed by atoms with E-state index in [0.29, 0.717) is 33.2 Å². The van der Waals surface area contributed by atoms with Crippen LogP contribution in [-0.2, 0) is 6.61 Å². The van der Waals surface area contributed by atoms with Crippen LogP contribution in [0.25, 0.3) is 0 Å². The number of para-hydroxylation sites is 2. The molecule has 202 valence electrons. The molecule has 0 saturated carbocycles. The van der Waals surface area contributed by atoms with E-state index in [0.717, 1.165) is 0 Å². The van der Waals surface area contributed by atoms with Crippen LogP contribution in [0.4, 0.5) is 4.39 Å². The van der Waals surface area contributed by atoms with Crippen LogP contribution in [0.3, 0.4) is 0 Å². The van der Waals surface area contributed by atoms with Gasteiger partial charge in [-0.1, -0.05) is 48.2 Å². The predicted molar refractivity (Wildman–Crippen MR) is 148 cm³/mol. The molecule has 0 radical (unpaired) electrons. The fourth-order valence-corrected chi connectivity index (χ4v) is 5.36. The van der Waals surface area contributed by atoms with E-state index in [-0.39, 0.29) is 23.5 Å². The number of hydrogen-bond donors (Lipinski definition) is 2. The van der Waals surface area contributed by atoms with Gasteiger partial charge in [0, 0.05) is 11.1 Å². The Kier molecular flexibility index (Phi) is 7.70. The van der Waals surface area contributed by atoms with Gasteiger partial charge in [0.15, 0.2) is 11.5 Å². The van der Waals surface area contributed by atoms with Crippen LogP contribution in [0.1, 0.15) is 42.8 Å². The van der Waals surface area contributed by atoms with Gasteiger partial charge in [-0.15, -0.1) is 0 Å². The first-order chi connectivity index (χ1) is 19.4. The number of hydrazone groups is 1. The second-order valence-corrected chi connectivity index (χ2v) is 9.79. The van der Waals surface area contributed by atoms with Crippen LogP contribution >= 0.6 is 11.8 Å². The SMILES string of the molecule is COc1c(OCc2cccc(C(=O)O)c2)cccc1C1SC(c2ccc(F)cc2)=NN1C(=O)c1ccccc1O. The third-order valence-corrected chi connectivity index (χ3v) is 7.34. The van der Waals surface area contributed by atoms with Crippen molar-refractivity contribution >= 4 is 28.7 Å². The molecule has 1 aliphatic rings. The molecule has 5 rings (SSSR count). The number of rotatable bonds is 8. The number of phenolic OH excluding ortho intramolecular Hbond substituents is 1. The van der Waals surface area contributed by atoms with Crippen LogP contribution < -0.4 is 9.47 Å². The summed E-state index contributed by atoms with van der Waals surface area (Å²) in [5.74, 6) is -1.41. The highest BCUT2D eigenvalue weighted by molar-refractivity contribution is 8.14. The Hall–Kier alpha value is -4.83. The van der Waals surface area contributed by atoms with E-state index < -0.39 is 23.1 Å². The summed E-state index contributed by atoms with van der Waals surface area (Å²) in [4.78, 5) is 25.0. The van der Waals surface area contributed by atoms with Crippen molar-refractivity contribution in [3.63, 3.8) is 0 Å². The number of carbonyl (C=O) groups is 2. The van der Waals surface area contributed by atoms with E-state index in [4.69, 9.17) is 9.47 Å². The predicted octanol–water partition coefficient (Wildman–Crippen LogP) is 6.07. The van der Waals surface area contributed by atoms with E-state index in [1.807, 2.05) is 0 Å². The first-order valence-corrected chi connectivity index (χ1v) is 13.0. The van der Waals surface area contributed by atoms with Crippen molar-refractivity contribution in [3.8, 4) is 17.2 Å². The average molecular weight is 559 g/mol.